The van der Waals surface area contributed by atoms with Crippen molar-refractivity contribution in [3.05, 3.63) is 17.5 Å². The Morgan fingerprint density at radius 1 is 1.62 bits per heavy atom. The summed E-state index contributed by atoms with van der Waals surface area (Å²) in [6.07, 6.45) is 1.18. The number of hydrogen-bond donors (Lipinski definition) is 1. The highest BCUT2D eigenvalue weighted by atomic mass is 35.5. The van der Waals surface area contributed by atoms with Gasteiger partial charge in [0.2, 0.25) is 0 Å². The van der Waals surface area contributed by atoms with E-state index in [1.54, 1.807) is 0 Å². The van der Waals surface area contributed by atoms with Crippen LogP contribution in [-0.4, -0.2) is 29.7 Å². The molecule has 2 rings (SSSR count). The van der Waals surface area contributed by atoms with E-state index in [-0.39, 0.29) is 12.4 Å². The van der Waals surface area contributed by atoms with Gasteiger partial charge in [0.15, 0.2) is 0 Å². The monoisotopic (exact) mass is 245 g/mol. The Hall–Kier alpha value is -0.580. The van der Waals surface area contributed by atoms with Crippen molar-refractivity contribution in [2.75, 3.05) is 19.6 Å². The number of aromatic nitrogens is 1. The van der Waals surface area contributed by atoms with Gasteiger partial charge in [0.05, 0.1) is 5.69 Å². The number of nitrogens with two attached hydrogens (primary N) is 1. The highest BCUT2D eigenvalue weighted by Gasteiger charge is 2.32. The highest BCUT2D eigenvalue weighted by molar-refractivity contribution is 5.85. The van der Waals surface area contributed by atoms with Gasteiger partial charge in [-0.1, -0.05) is 12.1 Å². The Bertz CT molecular complexity index is 342. The van der Waals surface area contributed by atoms with Crippen LogP contribution in [0.4, 0.5) is 0 Å². The van der Waals surface area contributed by atoms with Gasteiger partial charge in [0, 0.05) is 19.2 Å². The van der Waals surface area contributed by atoms with E-state index in [1.807, 2.05) is 13.0 Å². The first-order chi connectivity index (χ1) is 7.11. The number of rotatable bonds is 3. The van der Waals surface area contributed by atoms with E-state index >= 15 is 0 Å². The summed E-state index contributed by atoms with van der Waals surface area (Å²) in [4.78, 5) is 2.39. The maximum Gasteiger partial charge on any atom is 0.133 e. The summed E-state index contributed by atoms with van der Waals surface area (Å²) in [5.74, 6) is 0.880. The molecule has 0 aliphatic carbocycles. The van der Waals surface area contributed by atoms with Gasteiger partial charge in [-0.2, -0.15) is 0 Å². The van der Waals surface area contributed by atoms with Crippen molar-refractivity contribution in [3.63, 3.8) is 0 Å². The average molecular weight is 246 g/mol. The second-order valence-corrected chi connectivity index (χ2v) is 4.90. The van der Waals surface area contributed by atoms with Gasteiger partial charge >= 0.3 is 0 Å². The number of aryl methyl sites for hydroxylation is 1. The molecule has 0 radical (unpaired) electrons. The van der Waals surface area contributed by atoms with Gasteiger partial charge in [0.25, 0.3) is 0 Å². The van der Waals surface area contributed by atoms with Crippen LogP contribution in [0.5, 0.6) is 0 Å². The molecule has 2 heterocycles. The fourth-order valence-electron chi connectivity index (χ4n) is 2.15. The van der Waals surface area contributed by atoms with Gasteiger partial charge in [-0.3, -0.25) is 4.90 Å². The van der Waals surface area contributed by atoms with Crippen molar-refractivity contribution in [3.8, 4) is 0 Å². The third-order valence-electron chi connectivity index (χ3n) is 3.19. The molecule has 92 valence electrons. The molecule has 2 N–H and O–H groups in total. The Kier molecular flexibility index (Phi) is 4.35. The minimum Gasteiger partial charge on any atom is -0.361 e. The summed E-state index contributed by atoms with van der Waals surface area (Å²) in [5, 5.41) is 4.00. The SMILES string of the molecule is Cc1cc(CN2CCC(C)(CN)C2)no1.Cl. The van der Waals surface area contributed by atoms with E-state index in [4.69, 9.17) is 10.3 Å². The summed E-state index contributed by atoms with van der Waals surface area (Å²) in [6.45, 7) is 7.99. The first kappa shape index (κ1) is 13.5. The van der Waals surface area contributed by atoms with Crippen LogP contribution in [0.1, 0.15) is 24.8 Å². The third kappa shape index (κ3) is 2.97. The van der Waals surface area contributed by atoms with Crippen molar-refractivity contribution < 1.29 is 4.52 Å². The average Bonchev–Trinajstić information content (AvgIpc) is 2.76. The van der Waals surface area contributed by atoms with Crippen LogP contribution >= 0.6 is 12.4 Å². The van der Waals surface area contributed by atoms with Crippen LogP contribution in [0, 0.1) is 12.3 Å². The molecular formula is C11H20ClN3O. The predicted molar refractivity (Wildman–Crippen MR) is 65.5 cm³/mol. The van der Waals surface area contributed by atoms with Crippen LogP contribution < -0.4 is 5.73 Å². The van der Waals surface area contributed by atoms with Gasteiger partial charge in [-0.25, -0.2) is 0 Å². The fourth-order valence-corrected chi connectivity index (χ4v) is 2.15. The lowest BCUT2D eigenvalue weighted by atomic mass is 9.90. The third-order valence-corrected chi connectivity index (χ3v) is 3.19. The maximum absolute atomic E-state index is 5.77. The molecular weight excluding hydrogens is 226 g/mol. The lowest BCUT2D eigenvalue weighted by Crippen LogP contribution is -2.31. The molecule has 1 unspecified atom stereocenters. The smallest absolute Gasteiger partial charge is 0.133 e. The molecule has 4 nitrogen and oxygen atoms in total. The van der Waals surface area contributed by atoms with Gasteiger partial charge in [-0.15, -0.1) is 12.4 Å². The standard InChI is InChI=1S/C11H19N3O.ClH/c1-9-5-10(13-15-9)6-14-4-3-11(2,7-12)8-14;/h5H,3-4,6-8,12H2,1-2H3;1H. The summed E-state index contributed by atoms with van der Waals surface area (Å²) in [7, 11) is 0. The van der Waals surface area contributed by atoms with E-state index in [1.165, 1.54) is 6.42 Å². The molecule has 0 amide bonds. The van der Waals surface area contributed by atoms with Crippen LogP contribution in [0.15, 0.2) is 10.6 Å². The first-order valence-corrected chi connectivity index (χ1v) is 5.46. The van der Waals surface area contributed by atoms with Crippen LogP contribution in [0.25, 0.3) is 0 Å². The molecule has 1 atom stereocenters. The Morgan fingerprint density at radius 3 is 2.88 bits per heavy atom. The van der Waals surface area contributed by atoms with Crippen molar-refractivity contribution in [1.29, 1.82) is 0 Å². The zero-order chi connectivity index (χ0) is 10.9. The fraction of sp³-hybridized carbons (Fsp3) is 0.727. The van der Waals surface area contributed by atoms with Crippen molar-refractivity contribution in [2.45, 2.75) is 26.8 Å². The highest BCUT2D eigenvalue weighted by Crippen LogP contribution is 2.29. The lowest BCUT2D eigenvalue weighted by molar-refractivity contribution is 0.266. The maximum atomic E-state index is 5.77. The van der Waals surface area contributed by atoms with Crippen molar-refractivity contribution in [1.82, 2.24) is 10.1 Å². The second kappa shape index (κ2) is 5.17. The molecule has 1 fully saturated rings. The number of hydrogen-bond acceptors (Lipinski definition) is 4. The molecule has 1 aliphatic heterocycles. The summed E-state index contributed by atoms with van der Waals surface area (Å²) >= 11 is 0. The molecule has 0 spiro atoms. The molecule has 1 saturated heterocycles. The molecule has 0 saturated carbocycles. The zero-order valence-electron chi connectivity index (χ0n) is 9.90. The molecule has 1 aliphatic rings. The second-order valence-electron chi connectivity index (χ2n) is 4.90. The Balaban J connectivity index is 0.00000128. The summed E-state index contributed by atoms with van der Waals surface area (Å²) < 4.78 is 5.05. The predicted octanol–water partition coefficient (Wildman–Crippen LogP) is 1.58. The minimum atomic E-state index is 0. The van der Waals surface area contributed by atoms with Gasteiger partial charge < -0.3 is 10.3 Å². The Labute approximate surface area is 103 Å². The van der Waals surface area contributed by atoms with E-state index < -0.39 is 0 Å². The van der Waals surface area contributed by atoms with E-state index in [0.717, 1.165) is 37.6 Å². The van der Waals surface area contributed by atoms with Gasteiger partial charge in [0.1, 0.15) is 5.76 Å². The largest absolute Gasteiger partial charge is 0.361 e. The first-order valence-electron chi connectivity index (χ1n) is 5.46. The lowest BCUT2D eigenvalue weighted by Gasteiger charge is -2.21. The Morgan fingerprint density at radius 2 is 2.38 bits per heavy atom. The summed E-state index contributed by atoms with van der Waals surface area (Å²) in [6, 6.07) is 2.00. The number of likely N-dealkylation sites (tertiary alicyclic amines) is 1. The van der Waals surface area contributed by atoms with E-state index in [0.29, 0.717) is 5.41 Å². The number of halogens is 1. The number of nitrogens with zero attached hydrogens (tertiary/aromatic N) is 2. The van der Waals surface area contributed by atoms with Crippen molar-refractivity contribution >= 4 is 12.4 Å². The molecule has 0 aromatic carbocycles. The minimum absolute atomic E-state index is 0. The molecule has 16 heavy (non-hydrogen) atoms. The quantitative estimate of drug-likeness (QED) is 0.879. The van der Waals surface area contributed by atoms with Crippen LogP contribution in [-0.2, 0) is 6.54 Å². The van der Waals surface area contributed by atoms with Crippen LogP contribution in [0.2, 0.25) is 0 Å². The van der Waals surface area contributed by atoms with Crippen LogP contribution in [0.3, 0.4) is 0 Å². The molecule has 0 bridgehead atoms. The van der Waals surface area contributed by atoms with Crippen molar-refractivity contribution in [2.24, 2.45) is 11.1 Å². The van der Waals surface area contributed by atoms with E-state index in [2.05, 4.69) is 17.0 Å². The molecule has 1 aromatic heterocycles. The topological polar surface area (TPSA) is 55.3 Å². The molecule has 1 aromatic rings. The normalized spacial score (nSPS) is 25.7. The molecule has 5 heteroatoms. The van der Waals surface area contributed by atoms with Gasteiger partial charge in [-0.05, 0) is 31.8 Å². The summed E-state index contributed by atoms with van der Waals surface area (Å²) in [5.41, 5.74) is 7.08. The zero-order valence-corrected chi connectivity index (χ0v) is 10.7. The van der Waals surface area contributed by atoms with E-state index in [9.17, 15) is 0 Å².